The standard InChI is InChI=1S/C14H19N3OS/c1-10-3-6-19-13(10)9-17-4-5-18-12(8-17)14-15-7-11(2)16-14/h3,6-7,12H,4-5,8-9H2,1-2H3,(H,15,16)/t12-/m1/s1. The van der Waals surface area contributed by atoms with Gasteiger partial charge < -0.3 is 9.72 Å². The minimum absolute atomic E-state index is 0.0720. The molecule has 0 amide bonds. The number of nitrogens with one attached hydrogen (secondary N) is 1. The van der Waals surface area contributed by atoms with Crippen LogP contribution in [-0.4, -0.2) is 34.6 Å². The van der Waals surface area contributed by atoms with Crippen LogP contribution in [0.15, 0.2) is 17.6 Å². The number of nitrogens with zero attached hydrogens (tertiary/aromatic N) is 2. The molecule has 1 aliphatic rings. The monoisotopic (exact) mass is 277 g/mol. The molecule has 1 atom stereocenters. The Balaban J connectivity index is 1.66. The molecule has 19 heavy (non-hydrogen) atoms. The lowest BCUT2D eigenvalue weighted by Gasteiger charge is -2.31. The molecule has 4 nitrogen and oxygen atoms in total. The maximum Gasteiger partial charge on any atom is 0.136 e. The lowest BCUT2D eigenvalue weighted by atomic mass is 10.2. The summed E-state index contributed by atoms with van der Waals surface area (Å²) in [5.41, 5.74) is 2.48. The topological polar surface area (TPSA) is 41.2 Å². The molecule has 3 heterocycles. The fraction of sp³-hybridized carbons (Fsp3) is 0.500. The van der Waals surface area contributed by atoms with E-state index in [-0.39, 0.29) is 6.10 Å². The zero-order valence-corrected chi connectivity index (χ0v) is 12.2. The van der Waals surface area contributed by atoms with Gasteiger partial charge in [-0.15, -0.1) is 11.3 Å². The van der Waals surface area contributed by atoms with Crippen molar-refractivity contribution >= 4 is 11.3 Å². The van der Waals surface area contributed by atoms with Crippen molar-refractivity contribution in [3.63, 3.8) is 0 Å². The van der Waals surface area contributed by atoms with Crippen LogP contribution in [0.5, 0.6) is 0 Å². The van der Waals surface area contributed by atoms with Crippen LogP contribution < -0.4 is 0 Å². The lowest BCUT2D eigenvalue weighted by Crippen LogP contribution is -2.38. The summed E-state index contributed by atoms with van der Waals surface area (Å²) in [6.07, 6.45) is 1.93. The zero-order chi connectivity index (χ0) is 13.2. The number of morpholine rings is 1. The largest absolute Gasteiger partial charge is 0.368 e. The van der Waals surface area contributed by atoms with Crippen LogP contribution in [0, 0.1) is 13.8 Å². The summed E-state index contributed by atoms with van der Waals surface area (Å²) in [5.74, 6) is 0.949. The molecule has 5 heteroatoms. The predicted octanol–water partition coefficient (Wildman–Crippen LogP) is 2.66. The van der Waals surface area contributed by atoms with Gasteiger partial charge in [0, 0.05) is 36.4 Å². The van der Waals surface area contributed by atoms with Gasteiger partial charge in [0.05, 0.1) is 6.61 Å². The van der Waals surface area contributed by atoms with E-state index in [0.29, 0.717) is 0 Å². The Hall–Kier alpha value is -1.17. The van der Waals surface area contributed by atoms with Gasteiger partial charge in [-0.1, -0.05) is 0 Å². The first-order valence-electron chi connectivity index (χ1n) is 6.61. The van der Waals surface area contributed by atoms with E-state index in [9.17, 15) is 0 Å². The van der Waals surface area contributed by atoms with Crippen molar-refractivity contribution in [3.8, 4) is 0 Å². The van der Waals surface area contributed by atoms with E-state index in [4.69, 9.17) is 4.74 Å². The highest BCUT2D eigenvalue weighted by molar-refractivity contribution is 7.10. The van der Waals surface area contributed by atoms with Crippen molar-refractivity contribution in [3.05, 3.63) is 39.6 Å². The Labute approximate surface area is 117 Å². The van der Waals surface area contributed by atoms with E-state index in [1.54, 1.807) is 0 Å². The van der Waals surface area contributed by atoms with Gasteiger partial charge in [0.25, 0.3) is 0 Å². The molecule has 1 aliphatic heterocycles. The fourth-order valence-corrected chi connectivity index (χ4v) is 3.32. The van der Waals surface area contributed by atoms with E-state index >= 15 is 0 Å². The van der Waals surface area contributed by atoms with Crippen LogP contribution in [0.3, 0.4) is 0 Å². The molecule has 0 spiro atoms. The van der Waals surface area contributed by atoms with Crippen molar-refractivity contribution in [1.29, 1.82) is 0 Å². The number of thiophene rings is 1. The molecule has 0 radical (unpaired) electrons. The molecule has 0 bridgehead atoms. The Kier molecular flexibility index (Phi) is 3.68. The first kappa shape index (κ1) is 12.8. The Morgan fingerprint density at radius 1 is 1.53 bits per heavy atom. The zero-order valence-electron chi connectivity index (χ0n) is 11.3. The molecule has 3 rings (SSSR count). The second kappa shape index (κ2) is 5.45. The van der Waals surface area contributed by atoms with Crippen molar-refractivity contribution in [2.75, 3.05) is 19.7 Å². The fourth-order valence-electron chi connectivity index (χ4n) is 2.38. The van der Waals surface area contributed by atoms with E-state index in [0.717, 1.165) is 37.8 Å². The molecule has 102 valence electrons. The summed E-state index contributed by atoms with van der Waals surface area (Å²) >= 11 is 1.84. The molecule has 2 aromatic heterocycles. The number of hydrogen-bond donors (Lipinski definition) is 1. The molecule has 1 N–H and O–H groups in total. The van der Waals surface area contributed by atoms with E-state index in [1.165, 1.54) is 10.4 Å². The molecule has 2 aromatic rings. The Morgan fingerprint density at radius 3 is 3.11 bits per heavy atom. The van der Waals surface area contributed by atoms with Gasteiger partial charge in [-0.25, -0.2) is 4.98 Å². The number of H-pyrrole nitrogens is 1. The third-order valence-electron chi connectivity index (χ3n) is 3.51. The third-order valence-corrected chi connectivity index (χ3v) is 4.52. The molecule has 0 aromatic carbocycles. The van der Waals surface area contributed by atoms with Gasteiger partial charge in [-0.05, 0) is 30.9 Å². The minimum atomic E-state index is 0.0720. The van der Waals surface area contributed by atoms with Crippen LogP contribution in [0.25, 0.3) is 0 Å². The van der Waals surface area contributed by atoms with Gasteiger partial charge in [-0.3, -0.25) is 4.90 Å². The summed E-state index contributed by atoms with van der Waals surface area (Å²) < 4.78 is 5.82. The first-order chi connectivity index (χ1) is 9.22. The predicted molar refractivity (Wildman–Crippen MR) is 76.4 cm³/mol. The highest BCUT2D eigenvalue weighted by Gasteiger charge is 2.24. The van der Waals surface area contributed by atoms with Crippen LogP contribution in [0.2, 0.25) is 0 Å². The van der Waals surface area contributed by atoms with E-state index < -0.39 is 0 Å². The molecule has 0 unspecified atom stereocenters. The maximum absolute atomic E-state index is 5.82. The average Bonchev–Trinajstić information content (AvgIpc) is 3.00. The van der Waals surface area contributed by atoms with Gasteiger partial charge >= 0.3 is 0 Å². The summed E-state index contributed by atoms with van der Waals surface area (Å²) in [6, 6.07) is 2.19. The number of imidazole rings is 1. The van der Waals surface area contributed by atoms with Crippen LogP contribution in [-0.2, 0) is 11.3 Å². The number of aryl methyl sites for hydroxylation is 2. The molecular formula is C14H19N3OS. The number of aromatic nitrogens is 2. The second-order valence-corrected chi connectivity index (χ2v) is 6.07. The quantitative estimate of drug-likeness (QED) is 0.937. The van der Waals surface area contributed by atoms with Crippen LogP contribution in [0.1, 0.15) is 28.1 Å². The van der Waals surface area contributed by atoms with Crippen molar-refractivity contribution in [1.82, 2.24) is 14.9 Å². The summed E-state index contributed by atoms with van der Waals surface area (Å²) in [7, 11) is 0. The van der Waals surface area contributed by atoms with Gasteiger partial charge in [-0.2, -0.15) is 0 Å². The van der Waals surface area contributed by atoms with Crippen molar-refractivity contribution < 1.29 is 4.74 Å². The molecule has 1 saturated heterocycles. The van der Waals surface area contributed by atoms with Gasteiger partial charge in [0.2, 0.25) is 0 Å². The highest BCUT2D eigenvalue weighted by Crippen LogP contribution is 2.23. The normalized spacial score (nSPS) is 20.8. The molecule has 0 aliphatic carbocycles. The summed E-state index contributed by atoms with van der Waals surface area (Å²) in [5, 5.41) is 2.17. The molecule has 0 saturated carbocycles. The molecular weight excluding hydrogens is 258 g/mol. The van der Waals surface area contributed by atoms with E-state index in [2.05, 4.69) is 33.2 Å². The molecule has 1 fully saturated rings. The SMILES string of the molecule is Cc1cnc([C@H]2CN(Cc3sccc3C)CCO2)[nH]1. The number of aromatic amines is 1. The van der Waals surface area contributed by atoms with E-state index in [1.807, 2.05) is 24.5 Å². The second-order valence-electron chi connectivity index (χ2n) is 5.07. The van der Waals surface area contributed by atoms with Crippen LogP contribution in [0.4, 0.5) is 0 Å². The average molecular weight is 277 g/mol. The highest BCUT2D eigenvalue weighted by atomic mass is 32.1. The lowest BCUT2D eigenvalue weighted by molar-refractivity contribution is -0.0366. The number of hydrogen-bond acceptors (Lipinski definition) is 4. The van der Waals surface area contributed by atoms with Crippen molar-refractivity contribution in [2.24, 2.45) is 0 Å². The first-order valence-corrected chi connectivity index (χ1v) is 7.49. The Morgan fingerprint density at radius 2 is 2.42 bits per heavy atom. The van der Waals surface area contributed by atoms with Gasteiger partial charge in [0.1, 0.15) is 11.9 Å². The number of ether oxygens (including phenoxy) is 1. The Bertz CT molecular complexity index is 548. The van der Waals surface area contributed by atoms with Crippen LogP contribution >= 0.6 is 11.3 Å². The van der Waals surface area contributed by atoms with Gasteiger partial charge in [0.15, 0.2) is 0 Å². The summed E-state index contributed by atoms with van der Waals surface area (Å²) in [4.78, 5) is 11.6. The number of rotatable bonds is 3. The summed E-state index contributed by atoms with van der Waals surface area (Å²) in [6.45, 7) is 7.89. The maximum atomic E-state index is 5.82. The minimum Gasteiger partial charge on any atom is -0.368 e. The third kappa shape index (κ3) is 2.88. The van der Waals surface area contributed by atoms with Crippen molar-refractivity contribution in [2.45, 2.75) is 26.5 Å². The smallest absolute Gasteiger partial charge is 0.136 e.